The number of carbonyl (C=O) groups excluding carboxylic acids is 1. The van der Waals surface area contributed by atoms with Crippen molar-refractivity contribution in [2.45, 2.75) is 52.1 Å². The van der Waals surface area contributed by atoms with Crippen molar-refractivity contribution in [2.24, 2.45) is 5.92 Å². The fraction of sp³-hybridized carbons (Fsp3) is 0.714. The Bertz CT molecular complexity index is 569. The molecular weight excluding hydrogens is 288 g/mol. The fourth-order valence-electron chi connectivity index (χ4n) is 3.11. The molecule has 1 aliphatic rings. The Morgan fingerprint density at radius 1 is 1.45 bits per heavy atom. The summed E-state index contributed by atoms with van der Waals surface area (Å²) < 4.78 is 1.36. The molecule has 0 radical (unpaired) electrons. The number of rotatable bonds is 5. The van der Waals surface area contributed by atoms with Gasteiger partial charge in [0.2, 0.25) is 5.91 Å². The minimum atomic E-state index is -0.477. The number of amides is 1. The predicted molar refractivity (Wildman–Crippen MR) is 79.3 cm³/mol. The quantitative estimate of drug-likeness (QED) is 0.624. The van der Waals surface area contributed by atoms with Crippen molar-refractivity contribution in [2.75, 3.05) is 6.61 Å². The molecule has 2 unspecified atom stereocenters. The van der Waals surface area contributed by atoms with E-state index in [0.29, 0.717) is 11.4 Å². The summed E-state index contributed by atoms with van der Waals surface area (Å²) in [6.07, 6.45) is 3.87. The maximum absolute atomic E-state index is 12.2. The molecule has 1 aromatic rings. The number of hydrogen-bond acceptors (Lipinski definition) is 5. The van der Waals surface area contributed by atoms with Gasteiger partial charge in [-0.15, -0.1) is 0 Å². The van der Waals surface area contributed by atoms with Crippen molar-refractivity contribution in [1.29, 1.82) is 0 Å². The average Bonchev–Trinajstić information content (AvgIpc) is 2.73. The maximum atomic E-state index is 12.2. The monoisotopic (exact) mass is 310 g/mol. The highest BCUT2D eigenvalue weighted by atomic mass is 16.6. The Labute approximate surface area is 128 Å². The summed E-state index contributed by atoms with van der Waals surface area (Å²) in [7, 11) is 0. The SMILES string of the molecule is Cc1nn(CC(=O)NC2CCCCC2CO)c(C)c1[N+](=O)[O-]. The molecule has 2 rings (SSSR count). The molecule has 122 valence electrons. The van der Waals surface area contributed by atoms with E-state index < -0.39 is 4.92 Å². The standard InChI is InChI=1S/C14H22N4O4/c1-9-14(18(21)22)10(2)17(16-9)7-13(20)15-12-6-4-3-5-11(12)8-19/h11-12,19H,3-8H2,1-2H3,(H,15,20). The van der Waals surface area contributed by atoms with Gasteiger partial charge < -0.3 is 10.4 Å². The topological polar surface area (TPSA) is 110 Å². The van der Waals surface area contributed by atoms with Crippen LogP contribution in [0.1, 0.15) is 37.1 Å². The second-order valence-electron chi connectivity index (χ2n) is 5.84. The van der Waals surface area contributed by atoms with Crippen molar-refractivity contribution in [3.8, 4) is 0 Å². The second kappa shape index (κ2) is 6.87. The molecule has 0 aromatic carbocycles. The van der Waals surface area contributed by atoms with Crippen LogP contribution in [-0.2, 0) is 11.3 Å². The third-order valence-corrected chi connectivity index (χ3v) is 4.31. The van der Waals surface area contributed by atoms with E-state index in [-0.39, 0.29) is 36.7 Å². The van der Waals surface area contributed by atoms with Gasteiger partial charge in [-0.25, -0.2) is 0 Å². The molecule has 1 aromatic heterocycles. The number of aromatic nitrogens is 2. The highest BCUT2D eigenvalue weighted by Crippen LogP contribution is 2.24. The maximum Gasteiger partial charge on any atom is 0.312 e. The lowest BCUT2D eigenvalue weighted by Crippen LogP contribution is -2.44. The Kier molecular flexibility index (Phi) is 5.12. The molecule has 1 fully saturated rings. The van der Waals surface area contributed by atoms with Gasteiger partial charge in [0.15, 0.2) is 0 Å². The van der Waals surface area contributed by atoms with Crippen molar-refractivity contribution in [1.82, 2.24) is 15.1 Å². The van der Waals surface area contributed by atoms with Crippen LogP contribution in [0.25, 0.3) is 0 Å². The lowest BCUT2D eigenvalue weighted by molar-refractivity contribution is -0.386. The molecule has 1 heterocycles. The molecular formula is C14H22N4O4. The number of nitrogens with one attached hydrogen (secondary N) is 1. The number of nitrogens with zero attached hydrogens (tertiary/aromatic N) is 3. The summed E-state index contributed by atoms with van der Waals surface area (Å²) in [6, 6.07) is -0.0294. The number of aryl methyl sites for hydroxylation is 1. The molecule has 1 amide bonds. The first-order valence-corrected chi connectivity index (χ1v) is 7.52. The largest absolute Gasteiger partial charge is 0.396 e. The summed E-state index contributed by atoms with van der Waals surface area (Å²) in [5, 5.41) is 27.3. The van der Waals surface area contributed by atoms with Gasteiger partial charge in [0.05, 0.1) is 4.92 Å². The highest BCUT2D eigenvalue weighted by molar-refractivity contribution is 5.76. The number of hydrogen-bond donors (Lipinski definition) is 2. The van der Waals surface area contributed by atoms with Gasteiger partial charge in [-0.05, 0) is 26.7 Å². The van der Waals surface area contributed by atoms with Gasteiger partial charge in [0, 0.05) is 18.6 Å². The van der Waals surface area contributed by atoms with Crippen LogP contribution >= 0.6 is 0 Å². The molecule has 0 saturated heterocycles. The van der Waals surface area contributed by atoms with Crippen molar-refractivity contribution >= 4 is 11.6 Å². The number of aliphatic hydroxyl groups excluding tert-OH is 1. The lowest BCUT2D eigenvalue weighted by Gasteiger charge is -2.30. The summed E-state index contributed by atoms with van der Waals surface area (Å²) in [6.45, 7) is 3.16. The van der Waals surface area contributed by atoms with E-state index in [9.17, 15) is 20.0 Å². The van der Waals surface area contributed by atoms with Crippen LogP contribution in [-0.4, -0.2) is 38.4 Å². The molecule has 0 spiro atoms. The summed E-state index contributed by atoms with van der Waals surface area (Å²) >= 11 is 0. The Morgan fingerprint density at radius 3 is 2.73 bits per heavy atom. The van der Waals surface area contributed by atoms with Crippen LogP contribution in [0, 0.1) is 29.9 Å². The predicted octanol–water partition coefficient (Wildman–Crippen LogP) is 1.08. The molecule has 0 bridgehead atoms. The van der Waals surface area contributed by atoms with Gasteiger partial charge in [0.25, 0.3) is 0 Å². The van der Waals surface area contributed by atoms with Crippen LogP contribution in [0.15, 0.2) is 0 Å². The van der Waals surface area contributed by atoms with Gasteiger partial charge in [0.1, 0.15) is 17.9 Å². The minimum absolute atomic E-state index is 0.0294. The van der Waals surface area contributed by atoms with E-state index in [0.717, 1.165) is 25.7 Å². The first-order valence-electron chi connectivity index (χ1n) is 7.52. The van der Waals surface area contributed by atoms with Crippen LogP contribution in [0.4, 0.5) is 5.69 Å². The van der Waals surface area contributed by atoms with Crippen LogP contribution in [0.2, 0.25) is 0 Å². The molecule has 8 heteroatoms. The molecule has 22 heavy (non-hydrogen) atoms. The average molecular weight is 310 g/mol. The van der Waals surface area contributed by atoms with Gasteiger partial charge in [-0.2, -0.15) is 5.10 Å². The van der Waals surface area contributed by atoms with E-state index in [1.807, 2.05) is 0 Å². The van der Waals surface area contributed by atoms with Gasteiger partial charge >= 0.3 is 5.69 Å². The Balaban J connectivity index is 2.03. The first kappa shape index (κ1) is 16.4. The summed E-state index contributed by atoms with van der Waals surface area (Å²) in [4.78, 5) is 22.6. The zero-order chi connectivity index (χ0) is 16.3. The second-order valence-corrected chi connectivity index (χ2v) is 5.84. The molecule has 2 atom stereocenters. The third-order valence-electron chi connectivity index (χ3n) is 4.31. The van der Waals surface area contributed by atoms with Crippen LogP contribution < -0.4 is 5.32 Å². The fourth-order valence-corrected chi connectivity index (χ4v) is 3.11. The van der Waals surface area contributed by atoms with E-state index in [1.165, 1.54) is 4.68 Å². The Hall–Kier alpha value is -1.96. The van der Waals surface area contributed by atoms with E-state index >= 15 is 0 Å². The number of nitro groups is 1. The Morgan fingerprint density at radius 2 is 2.14 bits per heavy atom. The van der Waals surface area contributed by atoms with Crippen molar-refractivity contribution in [3.05, 3.63) is 21.5 Å². The zero-order valence-electron chi connectivity index (χ0n) is 12.9. The summed E-state index contributed by atoms with van der Waals surface area (Å²) in [5.74, 6) is -0.140. The van der Waals surface area contributed by atoms with Crippen LogP contribution in [0.3, 0.4) is 0 Å². The lowest BCUT2D eigenvalue weighted by atomic mass is 9.85. The molecule has 0 aliphatic heterocycles. The minimum Gasteiger partial charge on any atom is -0.396 e. The summed E-state index contributed by atoms with van der Waals surface area (Å²) in [5.41, 5.74) is 0.639. The van der Waals surface area contributed by atoms with E-state index in [1.54, 1.807) is 13.8 Å². The van der Waals surface area contributed by atoms with E-state index in [4.69, 9.17) is 0 Å². The third kappa shape index (κ3) is 3.44. The number of carbonyl (C=O) groups is 1. The molecule has 8 nitrogen and oxygen atoms in total. The smallest absolute Gasteiger partial charge is 0.312 e. The normalized spacial score (nSPS) is 21.6. The van der Waals surface area contributed by atoms with Gasteiger partial charge in [-0.1, -0.05) is 12.8 Å². The van der Waals surface area contributed by atoms with E-state index in [2.05, 4.69) is 10.4 Å². The number of aliphatic hydroxyl groups is 1. The molecule has 2 N–H and O–H groups in total. The van der Waals surface area contributed by atoms with Crippen molar-refractivity contribution in [3.63, 3.8) is 0 Å². The van der Waals surface area contributed by atoms with Crippen LogP contribution in [0.5, 0.6) is 0 Å². The van der Waals surface area contributed by atoms with Crippen molar-refractivity contribution < 1.29 is 14.8 Å². The van der Waals surface area contributed by atoms with Gasteiger partial charge in [-0.3, -0.25) is 19.6 Å². The zero-order valence-corrected chi connectivity index (χ0v) is 12.9. The molecule has 1 saturated carbocycles. The highest BCUT2D eigenvalue weighted by Gasteiger charge is 2.27. The molecule has 1 aliphatic carbocycles. The first-order chi connectivity index (χ1) is 10.4.